The number of halogens is 3. The Morgan fingerprint density at radius 3 is 2.59 bits per heavy atom. The number of imidazole rings is 1. The molecule has 1 aliphatic rings. The number of carboxylic acid groups (broad SMARTS) is 1. The summed E-state index contributed by atoms with van der Waals surface area (Å²) in [5.74, 6) is 0.123. The zero-order valence-corrected chi connectivity index (χ0v) is 23.7. The van der Waals surface area contributed by atoms with Crippen molar-refractivity contribution in [2.45, 2.75) is 44.8 Å². The van der Waals surface area contributed by atoms with Crippen molar-refractivity contribution >= 4 is 35.4 Å². The SMILES string of the molecule is CCc1cc(Nc2nccn3c(-c4cn[nH]c4C(F)(F)F)cnc23)ccc1C(=O)NCCCNC(=O)C1CC(N)C1.O=CO. The predicted molar refractivity (Wildman–Crippen MR) is 154 cm³/mol. The summed E-state index contributed by atoms with van der Waals surface area (Å²) < 4.78 is 41.7. The summed E-state index contributed by atoms with van der Waals surface area (Å²) in [6.45, 7) is 2.56. The van der Waals surface area contributed by atoms with Crippen LogP contribution in [0.3, 0.4) is 0 Å². The van der Waals surface area contributed by atoms with Crippen molar-refractivity contribution in [2.75, 3.05) is 18.4 Å². The first-order chi connectivity index (χ1) is 21.1. The molecule has 0 aliphatic heterocycles. The Labute approximate surface area is 249 Å². The molecule has 5 rings (SSSR count). The zero-order valence-electron chi connectivity index (χ0n) is 23.7. The molecule has 0 atom stereocenters. The van der Waals surface area contributed by atoms with Gasteiger partial charge in [-0.25, -0.2) is 9.97 Å². The molecule has 1 aromatic carbocycles. The summed E-state index contributed by atoms with van der Waals surface area (Å²) >= 11 is 0. The van der Waals surface area contributed by atoms with Gasteiger partial charge >= 0.3 is 6.18 Å². The van der Waals surface area contributed by atoms with Gasteiger partial charge in [0.1, 0.15) is 5.69 Å². The van der Waals surface area contributed by atoms with Gasteiger partial charge in [-0.1, -0.05) is 6.92 Å². The monoisotopic (exact) mass is 615 g/mol. The fourth-order valence-electron chi connectivity index (χ4n) is 4.84. The standard InChI is InChI=1S/C27H30F3N9O2.CH2O2/c1-2-15-12-18(4-5-19(15)26(41)34-7-3-6-33-25(40)16-10-17(31)11-16)37-23-24-35-14-21(39(24)9-8-32-23)20-13-36-38-22(20)27(28,29)30;2-1-3/h4-5,8-9,12-14,16-17H,2-3,6-7,10-11,31H2,1H3,(H,32,37)(H,33,40)(H,34,41)(H,36,38);1H,(H,2,3). The number of H-pyrrole nitrogens is 1. The number of hydrogen-bond donors (Lipinski definition) is 6. The molecule has 2 amide bonds. The van der Waals surface area contributed by atoms with E-state index < -0.39 is 11.9 Å². The van der Waals surface area contributed by atoms with E-state index in [0.29, 0.717) is 48.6 Å². The third-order valence-corrected chi connectivity index (χ3v) is 7.10. The van der Waals surface area contributed by atoms with Crippen molar-refractivity contribution < 1.29 is 32.7 Å². The molecule has 1 fully saturated rings. The maximum absolute atomic E-state index is 13.4. The summed E-state index contributed by atoms with van der Waals surface area (Å²) in [6.07, 6.45) is 3.45. The van der Waals surface area contributed by atoms with Crippen LogP contribution < -0.4 is 21.7 Å². The average molecular weight is 616 g/mol. The van der Waals surface area contributed by atoms with E-state index in [1.165, 1.54) is 23.0 Å². The molecule has 3 aromatic heterocycles. The van der Waals surface area contributed by atoms with Crippen LogP contribution in [-0.2, 0) is 22.2 Å². The lowest BCUT2D eigenvalue weighted by atomic mass is 9.80. The number of aryl methyl sites for hydroxylation is 1. The summed E-state index contributed by atoms with van der Waals surface area (Å²) in [5.41, 5.74) is 7.13. The number of nitrogens with two attached hydrogens (primary N) is 1. The van der Waals surface area contributed by atoms with Gasteiger partial charge in [-0.15, -0.1) is 0 Å². The Morgan fingerprint density at radius 2 is 1.91 bits per heavy atom. The largest absolute Gasteiger partial charge is 0.483 e. The minimum absolute atomic E-state index is 0.00441. The molecule has 1 aliphatic carbocycles. The second-order valence-corrected chi connectivity index (χ2v) is 10.1. The second-order valence-electron chi connectivity index (χ2n) is 10.1. The summed E-state index contributed by atoms with van der Waals surface area (Å²) in [5, 5.41) is 21.4. The van der Waals surface area contributed by atoms with Gasteiger partial charge in [0.2, 0.25) is 5.91 Å². The molecule has 0 saturated heterocycles. The van der Waals surface area contributed by atoms with E-state index in [1.54, 1.807) is 12.1 Å². The number of aromatic amines is 1. The van der Waals surface area contributed by atoms with E-state index in [-0.39, 0.29) is 41.5 Å². The van der Waals surface area contributed by atoms with E-state index in [2.05, 4.69) is 31.0 Å². The van der Waals surface area contributed by atoms with Crippen LogP contribution in [0.4, 0.5) is 24.7 Å². The minimum Gasteiger partial charge on any atom is -0.483 e. The van der Waals surface area contributed by atoms with Crippen molar-refractivity contribution in [3.63, 3.8) is 0 Å². The maximum Gasteiger partial charge on any atom is 0.433 e. The number of aromatic nitrogens is 5. The fourth-order valence-corrected chi connectivity index (χ4v) is 4.84. The Kier molecular flexibility index (Phi) is 10.2. The van der Waals surface area contributed by atoms with Gasteiger partial charge in [-0.05, 0) is 49.4 Å². The Balaban J connectivity index is 0.00000141. The first-order valence-electron chi connectivity index (χ1n) is 13.8. The molecule has 7 N–H and O–H groups in total. The zero-order chi connectivity index (χ0) is 31.9. The van der Waals surface area contributed by atoms with Crippen molar-refractivity contribution in [1.29, 1.82) is 0 Å². The lowest BCUT2D eigenvalue weighted by molar-refractivity contribution is -0.140. The molecule has 3 heterocycles. The number of rotatable bonds is 10. The minimum atomic E-state index is -4.60. The van der Waals surface area contributed by atoms with E-state index in [4.69, 9.17) is 15.6 Å². The number of nitrogens with one attached hydrogen (secondary N) is 4. The van der Waals surface area contributed by atoms with Gasteiger partial charge in [0, 0.05) is 48.7 Å². The summed E-state index contributed by atoms with van der Waals surface area (Å²) in [6, 6.07) is 5.37. The molecule has 0 bridgehead atoms. The highest BCUT2D eigenvalue weighted by Crippen LogP contribution is 2.36. The molecule has 1 saturated carbocycles. The van der Waals surface area contributed by atoms with Gasteiger partial charge in [-0.3, -0.25) is 23.9 Å². The molecule has 44 heavy (non-hydrogen) atoms. The number of nitrogens with zero attached hydrogens (tertiary/aromatic N) is 4. The Morgan fingerprint density at radius 1 is 1.18 bits per heavy atom. The van der Waals surface area contributed by atoms with E-state index in [9.17, 15) is 22.8 Å². The molecule has 0 radical (unpaired) electrons. The summed E-state index contributed by atoms with van der Waals surface area (Å²) in [4.78, 5) is 41.8. The highest BCUT2D eigenvalue weighted by molar-refractivity contribution is 5.96. The van der Waals surface area contributed by atoms with E-state index in [1.807, 2.05) is 18.1 Å². The number of benzene rings is 1. The highest BCUT2D eigenvalue weighted by atomic mass is 19.4. The van der Waals surface area contributed by atoms with Crippen molar-refractivity contribution in [2.24, 2.45) is 11.7 Å². The van der Waals surface area contributed by atoms with Crippen LogP contribution in [0.5, 0.6) is 0 Å². The number of carbonyl (C=O) groups excluding carboxylic acids is 2. The smallest absolute Gasteiger partial charge is 0.433 e. The molecule has 0 spiro atoms. The van der Waals surface area contributed by atoms with Crippen LogP contribution in [-0.4, -0.2) is 67.1 Å². The lowest BCUT2D eigenvalue weighted by Crippen LogP contribution is -2.45. The number of amides is 2. The predicted octanol–water partition coefficient (Wildman–Crippen LogP) is 3.12. The third kappa shape index (κ3) is 7.31. The number of carbonyl (C=O) groups is 3. The molecular weight excluding hydrogens is 583 g/mol. The first kappa shape index (κ1) is 31.9. The molecule has 4 aromatic rings. The lowest BCUT2D eigenvalue weighted by Gasteiger charge is -2.31. The van der Waals surface area contributed by atoms with Gasteiger partial charge in [0.05, 0.1) is 23.7 Å². The molecule has 13 nitrogen and oxygen atoms in total. The number of alkyl halides is 3. The number of fused-ring (bicyclic) bond motifs is 1. The summed E-state index contributed by atoms with van der Waals surface area (Å²) in [7, 11) is 0. The average Bonchev–Trinajstić information content (AvgIpc) is 3.63. The fraction of sp³-hybridized carbons (Fsp3) is 0.357. The van der Waals surface area contributed by atoms with Crippen LogP contribution in [0.15, 0.2) is 43.0 Å². The van der Waals surface area contributed by atoms with Crippen LogP contribution in [0.1, 0.15) is 47.8 Å². The van der Waals surface area contributed by atoms with Crippen molar-refractivity contribution in [1.82, 2.24) is 35.2 Å². The van der Waals surface area contributed by atoms with E-state index >= 15 is 0 Å². The first-order valence-corrected chi connectivity index (χ1v) is 13.8. The van der Waals surface area contributed by atoms with Crippen LogP contribution in [0.25, 0.3) is 16.9 Å². The maximum atomic E-state index is 13.4. The number of hydrogen-bond acceptors (Lipinski definition) is 8. The van der Waals surface area contributed by atoms with Crippen molar-refractivity contribution in [3.05, 3.63) is 59.8 Å². The van der Waals surface area contributed by atoms with Crippen molar-refractivity contribution in [3.8, 4) is 11.3 Å². The Bertz CT molecular complexity index is 1610. The van der Waals surface area contributed by atoms with Crippen LogP contribution in [0.2, 0.25) is 0 Å². The third-order valence-electron chi connectivity index (χ3n) is 7.10. The molecule has 0 unspecified atom stereocenters. The topological polar surface area (TPSA) is 192 Å². The number of anilines is 2. The van der Waals surface area contributed by atoms with Crippen LogP contribution >= 0.6 is 0 Å². The van der Waals surface area contributed by atoms with E-state index in [0.717, 1.165) is 24.6 Å². The van der Waals surface area contributed by atoms with Gasteiger partial charge in [0.25, 0.3) is 12.4 Å². The molecule has 16 heteroatoms. The normalized spacial score (nSPS) is 15.9. The van der Waals surface area contributed by atoms with Gasteiger partial charge < -0.3 is 26.8 Å². The second kappa shape index (κ2) is 14.0. The quantitative estimate of drug-likeness (QED) is 0.115. The van der Waals surface area contributed by atoms with Gasteiger partial charge in [-0.2, -0.15) is 18.3 Å². The molecular formula is C28H32F3N9O4. The highest BCUT2D eigenvalue weighted by Gasteiger charge is 2.36. The Hall–Kier alpha value is -4.99. The molecule has 234 valence electrons. The van der Waals surface area contributed by atoms with Gasteiger partial charge in [0.15, 0.2) is 11.5 Å². The van der Waals surface area contributed by atoms with Crippen LogP contribution in [0, 0.1) is 5.92 Å².